The number of aromatic nitrogens is 2. The van der Waals surface area contributed by atoms with Crippen LogP contribution in [0.4, 0.5) is 19.0 Å². The zero-order chi connectivity index (χ0) is 13.8. The summed E-state index contributed by atoms with van der Waals surface area (Å²) in [5, 5.41) is 3.03. The first kappa shape index (κ1) is 14.7. The molecule has 0 aliphatic heterocycles. The third-order valence-corrected chi connectivity index (χ3v) is 2.28. The molecule has 0 saturated heterocycles. The molecule has 0 fully saturated rings. The van der Waals surface area contributed by atoms with Crippen LogP contribution in [0.3, 0.4) is 0 Å². The minimum atomic E-state index is -4.33. The molecule has 18 heavy (non-hydrogen) atoms. The number of rotatable bonds is 5. The largest absolute Gasteiger partial charge is 0.411 e. The standard InChI is InChI=1S/C11H16F3N3O/c1-4-15-10-7(2)8(3)16-9(17-10)5-18-6-11(12,13)14/h4-6H2,1-3H3,(H,15,16,17). The van der Waals surface area contributed by atoms with Crippen molar-refractivity contribution in [2.45, 2.75) is 33.6 Å². The van der Waals surface area contributed by atoms with E-state index in [1.54, 1.807) is 6.92 Å². The molecule has 0 saturated carbocycles. The van der Waals surface area contributed by atoms with E-state index in [1.165, 1.54) is 0 Å². The molecule has 0 aromatic carbocycles. The minimum Gasteiger partial charge on any atom is -0.370 e. The van der Waals surface area contributed by atoms with Crippen molar-refractivity contribution in [2.75, 3.05) is 18.5 Å². The zero-order valence-corrected chi connectivity index (χ0v) is 10.6. The quantitative estimate of drug-likeness (QED) is 0.887. The normalized spacial score (nSPS) is 11.7. The van der Waals surface area contributed by atoms with Gasteiger partial charge in [-0.15, -0.1) is 0 Å². The highest BCUT2D eigenvalue weighted by molar-refractivity contribution is 5.45. The van der Waals surface area contributed by atoms with Gasteiger partial charge in [-0.1, -0.05) is 0 Å². The third kappa shape index (κ3) is 4.48. The summed E-state index contributed by atoms with van der Waals surface area (Å²) in [5.74, 6) is 0.883. The van der Waals surface area contributed by atoms with Crippen LogP contribution >= 0.6 is 0 Å². The molecule has 0 bridgehead atoms. The van der Waals surface area contributed by atoms with Crippen LogP contribution < -0.4 is 5.32 Å². The van der Waals surface area contributed by atoms with Crippen LogP contribution in [-0.4, -0.2) is 29.3 Å². The Morgan fingerprint density at radius 1 is 1.22 bits per heavy atom. The van der Waals surface area contributed by atoms with Gasteiger partial charge in [0.1, 0.15) is 19.0 Å². The molecule has 0 atom stereocenters. The molecule has 0 unspecified atom stereocenters. The maximum Gasteiger partial charge on any atom is 0.411 e. The topological polar surface area (TPSA) is 47.0 Å². The van der Waals surface area contributed by atoms with Gasteiger partial charge in [0.05, 0.1) is 0 Å². The molecule has 1 rings (SSSR count). The van der Waals surface area contributed by atoms with Crippen LogP contribution in [0.2, 0.25) is 0 Å². The van der Waals surface area contributed by atoms with Crippen molar-refractivity contribution in [3.8, 4) is 0 Å². The Morgan fingerprint density at radius 2 is 1.89 bits per heavy atom. The molecule has 1 aromatic rings. The Hall–Kier alpha value is -1.37. The summed E-state index contributed by atoms with van der Waals surface area (Å²) < 4.78 is 40.3. The maximum absolute atomic E-state index is 11.9. The Kier molecular flexibility index (Phi) is 4.89. The van der Waals surface area contributed by atoms with Crippen molar-refractivity contribution >= 4 is 5.82 Å². The highest BCUT2D eigenvalue weighted by Gasteiger charge is 2.27. The third-order valence-electron chi connectivity index (χ3n) is 2.28. The highest BCUT2D eigenvalue weighted by Crippen LogP contribution is 2.17. The van der Waals surface area contributed by atoms with Gasteiger partial charge in [0.2, 0.25) is 0 Å². The number of hydrogen-bond acceptors (Lipinski definition) is 4. The van der Waals surface area contributed by atoms with Gasteiger partial charge in [-0.3, -0.25) is 0 Å². The van der Waals surface area contributed by atoms with Gasteiger partial charge in [0, 0.05) is 17.8 Å². The number of nitrogens with zero attached hydrogens (tertiary/aromatic N) is 2. The molecule has 1 aromatic heterocycles. The maximum atomic E-state index is 11.9. The number of hydrogen-bond donors (Lipinski definition) is 1. The number of nitrogens with one attached hydrogen (secondary N) is 1. The number of ether oxygens (including phenoxy) is 1. The molecule has 0 amide bonds. The molecule has 0 aliphatic rings. The van der Waals surface area contributed by atoms with Gasteiger partial charge >= 0.3 is 6.18 Å². The van der Waals surface area contributed by atoms with Gasteiger partial charge < -0.3 is 10.1 Å². The van der Waals surface area contributed by atoms with E-state index in [9.17, 15) is 13.2 Å². The van der Waals surface area contributed by atoms with Crippen LogP contribution in [-0.2, 0) is 11.3 Å². The summed E-state index contributed by atoms with van der Waals surface area (Å²) in [6.07, 6.45) is -4.33. The van der Waals surface area contributed by atoms with Crippen molar-refractivity contribution in [2.24, 2.45) is 0 Å². The minimum absolute atomic E-state index is 0.248. The molecular formula is C11H16F3N3O. The van der Waals surface area contributed by atoms with Crippen LogP contribution in [0.25, 0.3) is 0 Å². The second-order valence-electron chi connectivity index (χ2n) is 3.84. The van der Waals surface area contributed by atoms with E-state index in [0.29, 0.717) is 12.4 Å². The molecule has 0 radical (unpaired) electrons. The number of anilines is 1. The van der Waals surface area contributed by atoms with E-state index in [1.807, 2.05) is 13.8 Å². The Balaban J connectivity index is 2.72. The van der Waals surface area contributed by atoms with Gasteiger partial charge in [-0.2, -0.15) is 13.2 Å². The lowest BCUT2D eigenvalue weighted by atomic mass is 10.2. The van der Waals surface area contributed by atoms with Crippen LogP contribution in [0.5, 0.6) is 0 Å². The second-order valence-corrected chi connectivity index (χ2v) is 3.84. The zero-order valence-electron chi connectivity index (χ0n) is 10.6. The van der Waals surface area contributed by atoms with E-state index in [0.717, 1.165) is 11.3 Å². The first-order chi connectivity index (χ1) is 8.33. The lowest BCUT2D eigenvalue weighted by Crippen LogP contribution is -2.18. The Labute approximate surface area is 104 Å². The van der Waals surface area contributed by atoms with Crippen molar-refractivity contribution < 1.29 is 17.9 Å². The van der Waals surface area contributed by atoms with Crippen molar-refractivity contribution in [1.82, 2.24) is 9.97 Å². The fraction of sp³-hybridized carbons (Fsp3) is 0.636. The van der Waals surface area contributed by atoms with Crippen LogP contribution in [0.1, 0.15) is 24.0 Å². The van der Waals surface area contributed by atoms with Crippen LogP contribution in [0.15, 0.2) is 0 Å². The lowest BCUT2D eigenvalue weighted by molar-refractivity contribution is -0.177. The Bertz CT molecular complexity index is 407. The number of aryl methyl sites for hydroxylation is 1. The first-order valence-electron chi connectivity index (χ1n) is 5.56. The second kappa shape index (κ2) is 5.99. The average Bonchev–Trinajstić information content (AvgIpc) is 2.23. The van der Waals surface area contributed by atoms with E-state index in [-0.39, 0.29) is 12.4 Å². The first-order valence-corrected chi connectivity index (χ1v) is 5.56. The van der Waals surface area contributed by atoms with Crippen molar-refractivity contribution in [3.05, 3.63) is 17.1 Å². The molecule has 0 spiro atoms. The molecule has 0 aliphatic carbocycles. The lowest BCUT2D eigenvalue weighted by Gasteiger charge is -2.12. The van der Waals surface area contributed by atoms with Gasteiger partial charge in [0.15, 0.2) is 5.82 Å². The summed E-state index contributed by atoms with van der Waals surface area (Å²) in [5.41, 5.74) is 1.61. The summed E-state index contributed by atoms with van der Waals surface area (Å²) in [7, 11) is 0. The van der Waals surface area contributed by atoms with Gasteiger partial charge in [0.25, 0.3) is 0 Å². The van der Waals surface area contributed by atoms with E-state index < -0.39 is 12.8 Å². The summed E-state index contributed by atoms with van der Waals surface area (Å²) >= 11 is 0. The molecule has 1 N–H and O–H groups in total. The predicted molar refractivity (Wildman–Crippen MR) is 61.4 cm³/mol. The van der Waals surface area contributed by atoms with Crippen molar-refractivity contribution in [3.63, 3.8) is 0 Å². The molecular weight excluding hydrogens is 247 g/mol. The summed E-state index contributed by atoms with van der Waals surface area (Å²) in [6, 6.07) is 0. The average molecular weight is 263 g/mol. The predicted octanol–water partition coefficient (Wildman–Crippen LogP) is 2.60. The number of alkyl halides is 3. The van der Waals surface area contributed by atoms with Gasteiger partial charge in [-0.05, 0) is 20.8 Å². The molecule has 102 valence electrons. The fourth-order valence-electron chi connectivity index (χ4n) is 1.35. The van der Waals surface area contributed by atoms with Crippen molar-refractivity contribution in [1.29, 1.82) is 0 Å². The summed E-state index contributed by atoms with van der Waals surface area (Å²) in [6.45, 7) is 4.69. The van der Waals surface area contributed by atoms with E-state index in [2.05, 4.69) is 20.0 Å². The smallest absolute Gasteiger partial charge is 0.370 e. The molecule has 4 nitrogen and oxygen atoms in total. The van der Waals surface area contributed by atoms with Gasteiger partial charge in [-0.25, -0.2) is 9.97 Å². The number of halogens is 3. The fourth-order valence-corrected chi connectivity index (χ4v) is 1.35. The molecule has 1 heterocycles. The molecule has 7 heteroatoms. The summed E-state index contributed by atoms with van der Waals surface area (Å²) in [4.78, 5) is 8.22. The Morgan fingerprint density at radius 3 is 2.44 bits per heavy atom. The SMILES string of the molecule is CCNc1nc(COCC(F)(F)F)nc(C)c1C. The van der Waals surface area contributed by atoms with Crippen LogP contribution in [0, 0.1) is 13.8 Å². The van der Waals surface area contributed by atoms with E-state index >= 15 is 0 Å². The highest BCUT2D eigenvalue weighted by atomic mass is 19.4. The van der Waals surface area contributed by atoms with E-state index in [4.69, 9.17) is 0 Å². The monoisotopic (exact) mass is 263 g/mol.